The molecule has 1 aromatic rings. The molecule has 1 unspecified atom stereocenters. The minimum atomic E-state index is -0.604. The lowest BCUT2D eigenvalue weighted by Gasteiger charge is -2.23. The predicted octanol–water partition coefficient (Wildman–Crippen LogP) is 3.47. The van der Waals surface area contributed by atoms with Crippen molar-refractivity contribution in [3.05, 3.63) is 29.1 Å². The maximum absolute atomic E-state index is 13.4. The van der Waals surface area contributed by atoms with Gasteiger partial charge < -0.3 is 4.90 Å². The molecule has 0 aromatic heterocycles. The number of aryl methyl sites for hydroxylation is 1. The van der Waals surface area contributed by atoms with Crippen LogP contribution < -0.4 is 4.90 Å². The van der Waals surface area contributed by atoms with Gasteiger partial charge in [-0.05, 0) is 37.0 Å². The minimum Gasteiger partial charge on any atom is -0.304 e. The monoisotopic (exact) mass is 341 g/mol. The maximum atomic E-state index is 13.4. The lowest BCUT2D eigenvalue weighted by Crippen LogP contribution is -2.35. The number of Topliss-reactive ketones (excluding diaryl/α,β-unsaturated/α-hetero) is 1. The Hall–Kier alpha value is -1.23. The second-order valence-electron chi connectivity index (χ2n) is 5.17. The zero-order valence-electron chi connectivity index (χ0n) is 11.6. The maximum Gasteiger partial charge on any atom is 0.299 e. The average Bonchev–Trinajstić information content (AvgIpc) is 2.63. The average molecular weight is 342 g/mol. The summed E-state index contributed by atoms with van der Waals surface area (Å²) in [7, 11) is 0. The summed E-state index contributed by atoms with van der Waals surface area (Å²) in [5, 5.41) is 0.772. The van der Waals surface area contributed by atoms with Gasteiger partial charge in [0.15, 0.2) is 0 Å². The van der Waals surface area contributed by atoms with Crippen LogP contribution in [-0.4, -0.2) is 23.6 Å². The van der Waals surface area contributed by atoms with E-state index < -0.39 is 17.5 Å². The van der Waals surface area contributed by atoms with Crippen molar-refractivity contribution >= 4 is 33.3 Å². The van der Waals surface area contributed by atoms with Crippen LogP contribution in [0.4, 0.5) is 10.1 Å². The zero-order valence-corrected chi connectivity index (χ0v) is 13.2. The van der Waals surface area contributed by atoms with Crippen molar-refractivity contribution in [2.75, 3.05) is 16.8 Å². The molecular formula is C15H17BrFNO2. The molecule has 0 radical (unpaired) electrons. The van der Waals surface area contributed by atoms with Crippen molar-refractivity contribution in [1.29, 1.82) is 0 Å². The Bertz CT molecular complexity index is 559. The van der Waals surface area contributed by atoms with E-state index in [-0.39, 0.29) is 11.5 Å². The Kier molecular flexibility index (Phi) is 4.58. The van der Waals surface area contributed by atoms with Gasteiger partial charge in [0.05, 0.1) is 11.3 Å². The highest BCUT2D eigenvalue weighted by Crippen LogP contribution is 2.34. The van der Waals surface area contributed by atoms with Crippen LogP contribution >= 0.6 is 15.9 Å². The number of hydrogen-bond acceptors (Lipinski definition) is 2. The second kappa shape index (κ2) is 6.04. The highest BCUT2D eigenvalue weighted by molar-refractivity contribution is 9.09. The summed E-state index contributed by atoms with van der Waals surface area (Å²) in [4.78, 5) is 25.6. The van der Waals surface area contributed by atoms with Gasteiger partial charge in [0.2, 0.25) is 0 Å². The highest BCUT2D eigenvalue weighted by Gasteiger charge is 2.38. The van der Waals surface area contributed by atoms with E-state index >= 15 is 0 Å². The molecule has 5 heteroatoms. The normalized spacial score (nSPS) is 15.7. The van der Waals surface area contributed by atoms with Gasteiger partial charge in [-0.2, -0.15) is 0 Å². The van der Waals surface area contributed by atoms with Crippen LogP contribution in [0.5, 0.6) is 0 Å². The Balaban J connectivity index is 2.37. The summed E-state index contributed by atoms with van der Waals surface area (Å²) in [5.41, 5.74) is 1.39. The van der Waals surface area contributed by atoms with Crippen molar-refractivity contribution in [1.82, 2.24) is 0 Å². The third kappa shape index (κ3) is 2.64. The first-order valence-corrected chi connectivity index (χ1v) is 7.84. The number of benzene rings is 1. The van der Waals surface area contributed by atoms with Crippen LogP contribution in [0.15, 0.2) is 12.1 Å². The predicted molar refractivity (Wildman–Crippen MR) is 80.0 cm³/mol. The van der Waals surface area contributed by atoms with Gasteiger partial charge in [-0.15, -0.1) is 0 Å². The topological polar surface area (TPSA) is 37.4 Å². The van der Waals surface area contributed by atoms with Gasteiger partial charge in [0.25, 0.3) is 11.7 Å². The fraction of sp³-hybridized carbons (Fsp3) is 0.467. The number of ketones is 1. The van der Waals surface area contributed by atoms with Crippen LogP contribution in [0, 0.1) is 18.7 Å². The molecule has 0 aliphatic carbocycles. The fourth-order valence-electron chi connectivity index (χ4n) is 2.66. The SMILES string of the molecule is CCCC(CBr)CN1C(=O)C(=O)c2cc(F)cc(C)c21. The largest absolute Gasteiger partial charge is 0.304 e. The van der Waals surface area contributed by atoms with Crippen molar-refractivity contribution in [3.63, 3.8) is 0 Å². The lowest BCUT2D eigenvalue weighted by atomic mass is 10.0. The summed E-state index contributed by atoms with van der Waals surface area (Å²) in [5.74, 6) is -1.34. The minimum absolute atomic E-state index is 0.192. The standard InChI is InChI=1S/C15H17BrFNO2/c1-3-4-10(7-16)8-18-13-9(2)5-11(17)6-12(13)14(19)15(18)20/h5-6,10H,3-4,7-8H2,1-2H3. The molecule has 0 saturated carbocycles. The Morgan fingerprint density at radius 1 is 1.35 bits per heavy atom. The highest BCUT2D eigenvalue weighted by atomic mass is 79.9. The van der Waals surface area contributed by atoms with Crippen molar-refractivity contribution in [2.45, 2.75) is 26.7 Å². The summed E-state index contributed by atoms with van der Waals surface area (Å²) in [6, 6.07) is 2.52. The summed E-state index contributed by atoms with van der Waals surface area (Å²) >= 11 is 3.45. The Morgan fingerprint density at radius 2 is 2.05 bits per heavy atom. The molecule has 1 heterocycles. The van der Waals surface area contributed by atoms with E-state index in [2.05, 4.69) is 22.9 Å². The number of halogens is 2. The van der Waals surface area contributed by atoms with Crippen molar-refractivity contribution in [2.24, 2.45) is 5.92 Å². The van der Waals surface area contributed by atoms with Gasteiger partial charge in [0.1, 0.15) is 5.82 Å². The third-order valence-electron chi connectivity index (χ3n) is 3.58. The van der Waals surface area contributed by atoms with E-state index in [9.17, 15) is 14.0 Å². The molecule has 0 spiro atoms. The molecular weight excluding hydrogens is 325 g/mol. The number of carbonyl (C=O) groups is 2. The van der Waals surface area contributed by atoms with E-state index in [1.54, 1.807) is 6.92 Å². The first-order valence-electron chi connectivity index (χ1n) is 6.71. The summed E-state index contributed by atoms with van der Waals surface area (Å²) in [6.07, 6.45) is 1.99. The van der Waals surface area contributed by atoms with Crippen LogP contribution in [0.2, 0.25) is 0 Å². The molecule has 0 bridgehead atoms. The molecule has 3 nitrogen and oxygen atoms in total. The zero-order chi connectivity index (χ0) is 14.9. The molecule has 1 amide bonds. The van der Waals surface area contributed by atoms with Crippen LogP contribution in [0.1, 0.15) is 35.7 Å². The number of nitrogens with zero attached hydrogens (tertiary/aromatic N) is 1. The van der Waals surface area contributed by atoms with Crippen LogP contribution in [-0.2, 0) is 4.79 Å². The molecule has 0 saturated heterocycles. The molecule has 1 aromatic carbocycles. The number of carbonyl (C=O) groups excluding carboxylic acids is 2. The smallest absolute Gasteiger partial charge is 0.299 e. The second-order valence-corrected chi connectivity index (χ2v) is 5.82. The van der Waals surface area contributed by atoms with Gasteiger partial charge in [-0.25, -0.2) is 4.39 Å². The Labute approximate surface area is 126 Å². The van der Waals surface area contributed by atoms with E-state index in [4.69, 9.17) is 0 Å². The summed E-state index contributed by atoms with van der Waals surface area (Å²) in [6.45, 7) is 4.30. The number of hydrogen-bond donors (Lipinski definition) is 0. The van der Waals surface area contributed by atoms with Crippen LogP contribution in [0.25, 0.3) is 0 Å². The number of alkyl halides is 1. The first kappa shape index (κ1) is 15.2. The number of anilines is 1. The van der Waals surface area contributed by atoms with E-state index in [0.717, 1.165) is 24.2 Å². The van der Waals surface area contributed by atoms with Gasteiger partial charge >= 0.3 is 0 Å². The van der Waals surface area contributed by atoms with Gasteiger partial charge in [-0.1, -0.05) is 29.3 Å². The third-order valence-corrected chi connectivity index (χ3v) is 4.49. The van der Waals surface area contributed by atoms with Crippen molar-refractivity contribution in [3.8, 4) is 0 Å². The first-order chi connectivity index (χ1) is 9.49. The fourth-order valence-corrected chi connectivity index (χ4v) is 3.19. The van der Waals surface area contributed by atoms with E-state index in [0.29, 0.717) is 17.8 Å². The van der Waals surface area contributed by atoms with Gasteiger partial charge in [-0.3, -0.25) is 9.59 Å². The van der Waals surface area contributed by atoms with Crippen molar-refractivity contribution < 1.29 is 14.0 Å². The molecule has 1 atom stereocenters. The molecule has 1 aliphatic heterocycles. The molecule has 0 N–H and O–H groups in total. The molecule has 1 aliphatic rings. The Morgan fingerprint density at radius 3 is 2.65 bits per heavy atom. The number of amides is 1. The number of fused-ring (bicyclic) bond motifs is 1. The van der Waals surface area contributed by atoms with Crippen LogP contribution in [0.3, 0.4) is 0 Å². The van der Waals surface area contributed by atoms with E-state index in [1.807, 2.05) is 0 Å². The van der Waals surface area contributed by atoms with E-state index in [1.165, 1.54) is 11.0 Å². The lowest BCUT2D eigenvalue weighted by molar-refractivity contribution is -0.114. The molecule has 20 heavy (non-hydrogen) atoms. The quantitative estimate of drug-likeness (QED) is 0.607. The summed E-state index contributed by atoms with van der Waals surface area (Å²) < 4.78 is 13.4. The molecule has 108 valence electrons. The molecule has 2 rings (SSSR count). The van der Waals surface area contributed by atoms with Gasteiger partial charge in [0, 0.05) is 11.9 Å². The number of rotatable bonds is 5. The molecule has 0 fully saturated rings.